The van der Waals surface area contributed by atoms with Crippen molar-refractivity contribution in [3.63, 3.8) is 0 Å². The predicted octanol–water partition coefficient (Wildman–Crippen LogP) is 4.25. The van der Waals surface area contributed by atoms with Gasteiger partial charge in [0.2, 0.25) is 5.96 Å². The molecule has 2 aromatic carbocycles. The third-order valence-corrected chi connectivity index (χ3v) is 5.09. The molecule has 1 saturated heterocycles. The van der Waals surface area contributed by atoms with E-state index in [0.29, 0.717) is 35.2 Å². The number of methoxy groups -OCH3 is 1. The Morgan fingerprint density at radius 1 is 1.26 bits per heavy atom. The molecular weight excluding hydrogens is 452 g/mol. The van der Waals surface area contributed by atoms with E-state index in [1.54, 1.807) is 55.8 Å². The lowest BCUT2D eigenvalue weighted by atomic mass is 10.1. The molecule has 0 bridgehead atoms. The van der Waals surface area contributed by atoms with Crippen molar-refractivity contribution in [2.75, 3.05) is 31.0 Å². The molecule has 0 spiro atoms. The van der Waals surface area contributed by atoms with E-state index < -0.39 is 6.09 Å². The molecule has 1 aliphatic rings. The van der Waals surface area contributed by atoms with E-state index in [-0.39, 0.29) is 18.7 Å². The maximum absolute atomic E-state index is 12.1. The smallest absolute Gasteiger partial charge is 0.411 e. The van der Waals surface area contributed by atoms with Crippen LogP contribution in [-0.4, -0.2) is 43.5 Å². The monoisotopic (exact) mass is 476 g/mol. The second-order valence-corrected chi connectivity index (χ2v) is 7.51. The number of hydrogen-bond acceptors (Lipinski definition) is 8. The van der Waals surface area contributed by atoms with Gasteiger partial charge >= 0.3 is 6.09 Å². The molecule has 1 fully saturated rings. The lowest BCUT2D eigenvalue weighted by Gasteiger charge is -2.13. The molecule has 1 atom stereocenters. The molecule has 3 aromatic rings. The highest BCUT2D eigenvalue weighted by molar-refractivity contribution is 5.97. The van der Waals surface area contributed by atoms with Crippen LogP contribution in [0.15, 0.2) is 64.5 Å². The average Bonchev–Trinajstić information content (AvgIpc) is 3.58. The first-order valence-corrected chi connectivity index (χ1v) is 10.9. The van der Waals surface area contributed by atoms with E-state index in [1.165, 1.54) is 6.39 Å². The number of ether oxygens (including phenoxy) is 3. The Morgan fingerprint density at radius 3 is 2.83 bits per heavy atom. The molecule has 1 amide bonds. The van der Waals surface area contributed by atoms with Crippen LogP contribution in [0.3, 0.4) is 0 Å². The molecule has 0 radical (unpaired) electrons. The second kappa shape index (κ2) is 11.5. The maximum atomic E-state index is 12.1. The van der Waals surface area contributed by atoms with Crippen LogP contribution in [-0.2, 0) is 9.47 Å². The fourth-order valence-corrected chi connectivity index (χ4v) is 3.48. The lowest BCUT2D eigenvalue weighted by molar-refractivity contribution is 0.0484. The van der Waals surface area contributed by atoms with Crippen molar-refractivity contribution in [1.82, 2.24) is 10.3 Å². The number of aliphatic imine (C=N–C) groups is 1. The second-order valence-electron chi connectivity index (χ2n) is 7.51. The zero-order chi connectivity index (χ0) is 24.5. The van der Waals surface area contributed by atoms with Crippen LogP contribution in [0.1, 0.15) is 12.8 Å². The molecular formula is C24H24N6O5. The van der Waals surface area contributed by atoms with Crippen molar-refractivity contribution in [3.8, 4) is 23.3 Å². The molecule has 1 aromatic heterocycles. The first-order chi connectivity index (χ1) is 17.1. The number of carbonyl (C=O) groups excluding carboxylic acids is 1. The van der Waals surface area contributed by atoms with Crippen molar-refractivity contribution >= 4 is 29.1 Å². The van der Waals surface area contributed by atoms with Gasteiger partial charge in [0.25, 0.3) is 0 Å². The third-order valence-electron chi connectivity index (χ3n) is 5.09. The number of amides is 1. The van der Waals surface area contributed by atoms with Gasteiger partial charge in [-0.25, -0.2) is 14.8 Å². The number of nitrogens with zero attached hydrogens (tertiary/aromatic N) is 3. The summed E-state index contributed by atoms with van der Waals surface area (Å²) in [6, 6.07) is 12.2. The van der Waals surface area contributed by atoms with Crippen molar-refractivity contribution in [1.29, 1.82) is 5.26 Å². The summed E-state index contributed by atoms with van der Waals surface area (Å²) in [5, 5.41) is 17.4. The minimum absolute atomic E-state index is 0.0481. The lowest BCUT2D eigenvalue weighted by Crippen LogP contribution is -2.26. The van der Waals surface area contributed by atoms with Gasteiger partial charge < -0.3 is 23.9 Å². The summed E-state index contributed by atoms with van der Waals surface area (Å²) in [5.74, 6) is 1.27. The first kappa shape index (κ1) is 23.6. The normalized spacial score (nSPS) is 15.2. The summed E-state index contributed by atoms with van der Waals surface area (Å²) in [4.78, 5) is 20.5. The van der Waals surface area contributed by atoms with Crippen LogP contribution >= 0.6 is 0 Å². The summed E-state index contributed by atoms with van der Waals surface area (Å²) in [6.45, 7) is 0.910. The summed E-state index contributed by atoms with van der Waals surface area (Å²) < 4.78 is 21.5. The van der Waals surface area contributed by atoms with Gasteiger partial charge in [0.1, 0.15) is 12.4 Å². The molecule has 2 heterocycles. The number of hydrogen-bond donors (Lipinski definition) is 3. The summed E-state index contributed by atoms with van der Waals surface area (Å²) in [6.07, 6.45) is 6.03. The Balaban J connectivity index is 1.44. The van der Waals surface area contributed by atoms with E-state index in [1.807, 2.05) is 6.19 Å². The number of aromatic nitrogens is 1. The summed E-state index contributed by atoms with van der Waals surface area (Å²) >= 11 is 0. The van der Waals surface area contributed by atoms with E-state index in [4.69, 9.17) is 18.6 Å². The third kappa shape index (κ3) is 6.49. The van der Waals surface area contributed by atoms with Crippen molar-refractivity contribution < 1.29 is 23.4 Å². The zero-order valence-electron chi connectivity index (χ0n) is 19.0. The van der Waals surface area contributed by atoms with Crippen LogP contribution in [0.2, 0.25) is 0 Å². The standard InChI is InChI=1S/C24H24N6O5/c1-32-21-11-18(7-8-20(21)22-12-26-15-35-22)29-23(27-14-25)28-16-4-2-5-17(10-16)30-24(31)34-13-19-6-3-9-33-19/h2,4-5,7-8,10-12,15,19H,3,6,9,13H2,1H3,(H,30,31)(H2,27,28,29). The van der Waals surface area contributed by atoms with Gasteiger partial charge in [-0.2, -0.15) is 5.26 Å². The predicted molar refractivity (Wildman–Crippen MR) is 128 cm³/mol. The molecule has 11 nitrogen and oxygen atoms in total. The fraction of sp³-hybridized carbons (Fsp3) is 0.250. The molecule has 1 unspecified atom stereocenters. The summed E-state index contributed by atoms with van der Waals surface area (Å²) in [7, 11) is 1.54. The van der Waals surface area contributed by atoms with Crippen LogP contribution in [0.25, 0.3) is 11.3 Å². The van der Waals surface area contributed by atoms with Crippen LogP contribution in [0.5, 0.6) is 5.75 Å². The van der Waals surface area contributed by atoms with E-state index in [0.717, 1.165) is 18.4 Å². The van der Waals surface area contributed by atoms with Gasteiger partial charge in [0.05, 0.1) is 30.7 Å². The van der Waals surface area contributed by atoms with E-state index in [9.17, 15) is 10.1 Å². The molecule has 1 aliphatic heterocycles. The Labute approximate surface area is 201 Å². The number of anilines is 2. The number of benzene rings is 2. The van der Waals surface area contributed by atoms with Crippen molar-refractivity contribution in [2.45, 2.75) is 18.9 Å². The highest BCUT2D eigenvalue weighted by Gasteiger charge is 2.17. The van der Waals surface area contributed by atoms with E-state index >= 15 is 0 Å². The van der Waals surface area contributed by atoms with Gasteiger partial charge in [-0.1, -0.05) is 6.07 Å². The minimum Gasteiger partial charge on any atom is -0.496 e. The van der Waals surface area contributed by atoms with Gasteiger partial charge in [-0.15, -0.1) is 0 Å². The van der Waals surface area contributed by atoms with Gasteiger partial charge in [0.15, 0.2) is 18.3 Å². The van der Waals surface area contributed by atoms with Crippen LogP contribution in [0.4, 0.5) is 21.9 Å². The molecule has 0 saturated carbocycles. The van der Waals surface area contributed by atoms with Gasteiger partial charge in [-0.3, -0.25) is 10.6 Å². The minimum atomic E-state index is -0.569. The Kier molecular flexibility index (Phi) is 7.77. The summed E-state index contributed by atoms with van der Waals surface area (Å²) in [5.41, 5.74) is 2.36. The largest absolute Gasteiger partial charge is 0.496 e. The Hall–Kier alpha value is -4.56. The molecule has 180 valence electrons. The zero-order valence-corrected chi connectivity index (χ0v) is 19.0. The Bertz CT molecular complexity index is 1220. The van der Waals surface area contributed by atoms with E-state index in [2.05, 4.69) is 25.9 Å². The Morgan fingerprint density at radius 2 is 2.11 bits per heavy atom. The molecule has 35 heavy (non-hydrogen) atoms. The highest BCUT2D eigenvalue weighted by Crippen LogP contribution is 2.33. The number of carbonyl (C=O) groups is 1. The highest BCUT2D eigenvalue weighted by atomic mass is 16.6. The quantitative estimate of drug-likeness (QED) is 0.197. The fourth-order valence-electron chi connectivity index (χ4n) is 3.48. The molecule has 4 rings (SSSR count). The number of nitrogens with one attached hydrogen (secondary N) is 3. The first-order valence-electron chi connectivity index (χ1n) is 10.9. The number of rotatable bonds is 7. The SMILES string of the molecule is COc1cc(N=C(NC#N)Nc2cccc(NC(=O)OCC3CCCO3)c2)ccc1-c1cnco1. The van der Waals surface area contributed by atoms with Crippen molar-refractivity contribution in [2.24, 2.45) is 4.99 Å². The molecule has 0 aliphatic carbocycles. The number of guanidine groups is 1. The molecule has 11 heteroatoms. The topological polar surface area (TPSA) is 143 Å². The maximum Gasteiger partial charge on any atom is 0.411 e. The number of nitriles is 1. The average molecular weight is 476 g/mol. The molecule has 3 N–H and O–H groups in total. The number of oxazole rings is 1. The van der Waals surface area contributed by atoms with Crippen molar-refractivity contribution in [3.05, 3.63) is 55.1 Å². The van der Waals surface area contributed by atoms with Crippen LogP contribution in [0, 0.1) is 11.5 Å². The van der Waals surface area contributed by atoms with Gasteiger partial charge in [0, 0.05) is 24.0 Å². The van der Waals surface area contributed by atoms with Gasteiger partial charge in [-0.05, 0) is 43.2 Å². The van der Waals surface area contributed by atoms with Crippen LogP contribution < -0.4 is 20.7 Å².